The Kier molecular flexibility index (Phi) is 7.33. The van der Waals surface area contributed by atoms with Crippen LogP contribution in [0.25, 0.3) is 22.0 Å². The molecule has 3 heterocycles. The van der Waals surface area contributed by atoms with Crippen molar-refractivity contribution in [3.05, 3.63) is 71.7 Å². The first kappa shape index (κ1) is 28.7. The van der Waals surface area contributed by atoms with Gasteiger partial charge in [-0.15, -0.1) is 0 Å². The zero-order valence-electron chi connectivity index (χ0n) is 24.7. The van der Waals surface area contributed by atoms with Crippen LogP contribution in [0.4, 0.5) is 20.8 Å². The first-order chi connectivity index (χ1) is 20.5. The van der Waals surface area contributed by atoms with Crippen molar-refractivity contribution < 1.29 is 28.5 Å². The molecule has 0 unspecified atom stereocenters. The van der Waals surface area contributed by atoms with Crippen molar-refractivity contribution in [2.75, 3.05) is 32.1 Å². The summed E-state index contributed by atoms with van der Waals surface area (Å²) in [6, 6.07) is 14.0. The second-order valence-corrected chi connectivity index (χ2v) is 12.0. The van der Waals surface area contributed by atoms with E-state index >= 15 is 0 Å². The van der Waals surface area contributed by atoms with Crippen molar-refractivity contribution in [3.8, 4) is 22.6 Å². The minimum atomic E-state index is -1.09. The fourth-order valence-corrected chi connectivity index (χ4v) is 5.83. The number of fused-ring (bicyclic) bond motifs is 2. The fourth-order valence-electron chi connectivity index (χ4n) is 5.83. The Bertz CT molecular complexity index is 1700. The number of methoxy groups -OCH3 is 1. The molecule has 0 saturated carbocycles. The number of nitrogens with one attached hydrogen (secondary N) is 1. The van der Waals surface area contributed by atoms with E-state index in [0.717, 1.165) is 27.6 Å². The number of carbonyl (C=O) groups is 1. The summed E-state index contributed by atoms with van der Waals surface area (Å²) >= 11 is 0. The highest BCUT2D eigenvalue weighted by Gasteiger charge is 2.40. The average molecular weight is 587 g/mol. The summed E-state index contributed by atoms with van der Waals surface area (Å²) in [7, 11) is 1.51. The van der Waals surface area contributed by atoms with E-state index in [-0.39, 0.29) is 11.9 Å². The number of benzene rings is 3. The van der Waals surface area contributed by atoms with Gasteiger partial charge < -0.3 is 29.5 Å². The SMILES string of the molecule is COc1cc(F)ccc1-c1cccc2cnc(Nc3ccc(C4(O)CCN(C(=O)OC(C)(C)C)CC4)c4c3OCC4)nc12. The Balaban J connectivity index is 1.27. The van der Waals surface area contributed by atoms with Gasteiger partial charge in [-0.25, -0.2) is 19.2 Å². The minimum absolute atomic E-state index is 0.362. The highest BCUT2D eigenvalue weighted by Crippen LogP contribution is 2.44. The Morgan fingerprint density at radius 3 is 2.65 bits per heavy atom. The van der Waals surface area contributed by atoms with Crippen LogP contribution in [0.1, 0.15) is 44.7 Å². The van der Waals surface area contributed by atoms with Gasteiger partial charge in [-0.3, -0.25) is 0 Å². The van der Waals surface area contributed by atoms with Gasteiger partial charge in [0.25, 0.3) is 0 Å². The van der Waals surface area contributed by atoms with Crippen LogP contribution in [0, 0.1) is 5.82 Å². The molecule has 0 radical (unpaired) electrons. The van der Waals surface area contributed by atoms with Crippen LogP contribution >= 0.6 is 0 Å². The van der Waals surface area contributed by atoms with Gasteiger partial charge in [-0.2, -0.15) is 0 Å². The second-order valence-electron chi connectivity index (χ2n) is 12.0. The van der Waals surface area contributed by atoms with Crippen LogP contribution in [0.2, 0.25) is 0 Å². The van der Waals surface area contributed by atoms with Gasteiger partial charge in [0, 0.05) is 53.9 Å². The molecule has 1 aromatic heterocycles. The van der Waals surface area contributed by atoms with E-state index in [4.69, 9.17) is 19.2 Å². The van der Waals surface area contributed by atoms with E-state index in [1.165, 1.54) is 19.2 Å². The van der Waals surface area contributed by atoms with E-state index in [1.807, 2.05) is 51.1 Å². The monoisotopic (exact) mass is 586 g/mol. The van der Waals surface area contributed by atoms with E-state index in [1.54, 1.807) is 17.2 Å². The molecule has 0 aliphatic carbocycles. The number of likely N-dealkylation sites (tertiary alicyclic amines) is 1. The highest BCUT2D eigenvalue weighted by atomic mass is 19.1. The smallest absolute Gasteiger partial charge is 0.410 e. The molecule has 0 spiro atoms. The number of ether oxygens (including phenoxy) is 3. The molecule has 1 fully saturated rings. The van der Waals surface area contributed by atoms with Crippen molar-refractivity contribution in [1.82, 2.24) is 14.9 Å². The number of hydrogen-bond donors (Lipinski definition) is 2. The van der Waals surface area contributed by atoms with E-state index in [2.05, 4.69) is 10.3 Å². The van der Waals surface area contributed by atoms with Gasteiger partial charge in [-0.05, 0) is 57.4 Å². The predicted octanol–water partition coefficient (Wildman–Crippen LogP) is 6.34. The second kappa shape index (κ2) is 11.0. The molecule has 0 atom stereocenters. The van der Waals surface area contributed by atoms with Crippen molar-refractivity contribution in [3.63, 3.8) is 0 Å². The summed E-state index contributed by atoms with van der Waals surface area (Å²) in [6.45, 7) is 6.81. The molecule has 3 aromatic carbocycles. The van der Waals surface area contributed by atoms with Gasteiger partial charge in [0.15, 0.2) is 0 Å². The highest BCUT2D eigenvalue weighted by molar-refractivity contribution is 5.95. The lowest BCUT2D eigenvalue weighted by Gasteiger charge is -2.39. The topological polar surface area (TPSA) is 106 Å². The van der Waals surface area contributed by atoms with Crippen LogP contribution in [0.5, 0.6) is 11.5 Å². The zero-order valence-corrected chi connectivity index (χ0v) is 24.7. The number of piperidine rings is 1. The van der Waals surface area contributed by atoms with E-state index < -0.39 is 11.2 Å². The van der Waals surface area contributed by atoms with Gasteiger partial charge in [0.05, 0.1) is 30.5 Å². The van der Waals surface area contributed by atoms with Crippen LogP contribution in [-0.4, -0.2) is 58.5 Å². The largest absolute Gasteiger partial charge is 0.496 e. The molecule has 1 saturated heterocycles. The van der Waals surface area contributed by atoms with Crippen molar-refractivity contribution in [1.29, 1.82) is 0 Å². The molecule has 43 heavy (non-hydrogen) atoms. The van der Waals surface area contributed by atoms with Gasteiger partial charge in [0.2, 0.25) is 5.95 Å². The third-order valence-electron chi connectivity index (χ3n) is 7.91. The molecule has 224 valence electrons. The zero-order chi connectivity index (χ0) is 30.4. The number of para-hydroxylation sites is 1. The Hall–Kier alpha value is -4.44. The average Bonchev–Trinajstić information content (AvgIpc) is 3.47. The number of hydrogen-bond acceptors (Lipinski definition) is 8. The number of aromatic nitrogens is 2. The number of anilines is 2. The summed E-state index contributed by atoms with van der Waals surface area (Å²) < 4.78 is 30.9. The van der Waals surface area contributed by atoms with Crippen LogP contribution in [0.15, 0.2) is 54.7 Å². The lowest BCUT2D eigenvalue weighted by molar-refractivity contribution is -0.0360. The molecule has 4 aromatic rings. The maximum atomic E-state index is 13.9. The number of aliphatic hydroxyl groups is 1. The Labute approximate surface area is 249 Å². The summed E-state index contributed by atoms with van der Waals surface area (Å²) in [4.78, 5) is 23.6. The third-order valence-corrected chi connectivity index (χ3v) is 7.91. The number of halogens is 1. The minimum Gasteiger partial charge on any atom is -0.496 e. The van der Waals surface area contributed by atoms with Crippen LogP contribution < -0.4 is 14.8 Å². The molecule has 2 aliphatic heterocycles. The van der Waals surface area contributed by atoms with Crippen LogP contribution in [-0.2, 0) is 16.8 Å². The lowest BCUT2D eigenvalue weighted by atomic mass is 9.81. The fraction of sp³-hybridized carbons (Fsp3) is 0.364. The maximum Gasteiger partial charge on any atom is 0.410 e. The Morgan fingerprint density at radius 1 is 1.12 bits per heavy atom. The maximum absolute atomic E-state index is 13.9. The van der Waals surface area contributed by atoms with E-state index in [0.29, 0.717) is 67.6 Å². The normalized spacial score (nSPS) is 16.0. The quantitative estimate of drug-likeness (QED) is 0.279. The lowest BCUT2D eigenvalue weighted by Crippen LogP contribution is -2.47. The third kappa shape index (κ3) is 5.67. The molecule has 0 bridgehead atoms. The Morgan fingerprint density at radius 2 is 1.91 bits per heavy atom. The number of nitrogens with zero attached hydrogens (tertiary/aromatic N) is 3. The number of amides is 1. The number of rotatable bonds is 5. The van der Waals surface area contributed by atoms with Crippen molar-refractivity contribution >= 4 is 28.6 Å². The van der Waals surface area contributed by atoms with Crippen LogP contribution in [0.3, 0.4) is 0 Å². The first-order valence-corrected chi connectivity index (χ1v) is 14.4. The van der Waals surface area contributed by atoms with Crippen molar-refractivity contribution in [2.24, 2.45) is 0 Å². The van der Waals surface area contributed by atoms with E-state index in [9.17, 15) is 14.3 Å². The summed E-state index contributed by atoms with van der Waals surface area (Å²) in [5.41, 5.74) is 2.99. The molecule has 2 N–H and O–H groups in total. The molecule has 6 rings (SSSR count). The van der Waals surface area contributed by atoms with Gasteiger partial charge in [-0.1, -0.05) is 24.3 Å². The summed E-state index contributed by atoms with van der Waals surface area (Å²) in [5.74, 6) is 1.07. The first-order valence-electron chi connectivity index (χ1n) is 14.4. The van der Waals surface area contributed by atoms with Crippen molar-refractivity contribution in [2.45, 2.75) is 51.2 Å². The summed E-state index contributed by atoms with van der Waals surface area (Å²) in [5, 5.41) is 15.9. The predicted molar refractivity (Wildman–Crippen MR) is 161 cm³/mol. The summed E-state index contributed by atoms with van der Waals surface area (Å²) in [6.07, 6.45) is 2.83. The van der Waals surface area contributed by atoms with Gasteiger partial charge in [0.1, 0.15) is 22.9 Å². The molecular formula is C33H35FN4O5. The molecular weight excluding hydrogens is 551 g/mol. The molecule has 10 heteroatoms. The standard InChI is InChI=1S/C33H35FN4O5/c1-32(2,3)43-31(39)38-15-13-33(40,14-16-38)25-10-11-26(29-24(25)12-17-42-29)36-30-35-19-20-6-5-7-23(28(20)37-30)22-9-8-21(34)18-27(22)41-4/h5-11,18-19,40H,12-17H2,1-4H3,(H,35,36,37). The van der Waals surface area contributed by atoms with Gasteiger partial charge >= 0.3 is 6.09 Å². The molecule has 9 nitrogen and oxygen atoms in total. The molecule has 2 aliphatic rings. The number of carbonyl (C=O) groups excluding carboxylic acids is 1. The molecule has 1 amide bonds.